The summed E-state index contributed by atoms with van der Waals surface area (Å²) in [5.41, 5.74) is 7.68. The topological polar surface area (TPSA) is 68.3 Å². The first-order valence-corrected chi connectivity index (χ1v) is 16.9. The van der Waals surface area contributed by atoms with Crippen molar-refractivity contribution in [1.82, 2.24) is 10.2 Å². The van der Waals surface area contributed by atoms with Gasteiger partial charge in [-0.15, -0.1) is 0 Å². The van der Waals surface area contributed by atoms with E-state index in [0.717, 1.165) is 68.1 Å². The Labute approximate surface area is 275 Å². The van der Waals surface area contributed by atoms with Crippen molar-refractivity contribution >= 4 is 17.3 Å². The summed E-state index contributed by atoms with van der Waals surface area (Å²) in [6.07, 6.45) is 2.38. The van der Waals surface area contributed by atoms with Crippen LogP contribution >= 0.6 is 0 Å². The fourth-order valence-corrected chi connectivity index (χ4v) is 8.04. The van der Waals surface area contributed by atoms with E-state index in [-0.39, 0.29) is 29.3 Å². The normalized spacial score (nSPS) is 21.6. The lowest BCUT2D eigenvalue weighted by molar-refractivity contribution is 0.0965. The number of hydrogen-bond donors (Lipinski definition) is 2. The molecule has 2 N–H and O–H groups in total. The van der Waals surface area contributed by atoms with Gasteiger partial charge < -0.3 is 25.0 Å². The third-order valence-electron chi connectivity index (χ3n) is 10.7. The van der Waals surface area contributed by atoms with Crippen LogP contribution in [0.25, 0.3) is 0 Å². The van der Waals surface area contributed by atoms with E-state index in [1.54, 1.807) is 12.1 Å². The molecular formula is C39H41FN4O3. The molecule has 8 heteroatoms. The fourth-order valence-electron chi connectivity index (χ4n) is 8.04. The number of aromatic hydroxyl groups is 1. The molecule has 4 aromatic rings. The van der Waals surface area contributed by atoms with Crippen molar-refractivity contribution in [3.8, 4) is 11.5 Å². The van der Waals surface area contributed by atoms with Crippen molar-refractivity contribution in [2.45, 2.75) is 31.2 Å². The minimum Gasteiger partial charge on any atom is -0.508 e. The monoisotopic (exact) mass is 632 g/mol. The number of nitrogens with zero attached hydrogens (tertiary/aromatic N) is 3. The highest BCUT2D eigenvalue weighted by Gasteiger charge is 2.34. The van der Waals surface area contributed by atoms with Gasteiger partial charge in [0.1, 0.15) is 17.3 Å². The average molecular weight is 633 g/mol. The highest BCUT2D eigenvalue weighted by molar-refractivity contribution is 5.98. The molecule has 4 aliphatic rings. The molecule has 2 saturated heterocycles. The van der Waals surface area contributed by atoms with Crippen molar-refractivity contribution in [2.75, 3.05) is 62.2 Å². The smallest absolute Gasteiger partial charge is 0.251 e. The molecule has 0 saturated carbocycles. The molecule has 4 aliphatic heterocycles. The Balaban J connectivity index is 0.882. The summed E-state index contributed by atoms with van der Waals surface area (Å²) < 4.78 is 19.9. The highest BCUT2D eigenvalue weighted by atomic mass is 19.1. The Bertz CT molecular complexity index is 1750. The van der Waals surface area contributed by atoms with E-state index in [1.165, 1.54) is 41.9 Å². The Morgan fingerprint density at radius 1 is 0.787 bits per heavy atom. The summed E-state index contributed by atoms with van der Waals surface area (Å²) in [7, 11) is 0. The molecule has 0 unspecified atom stereocenters. The maximum absolute atomic E-state index is 13.8. The minimum absolute atomic E-state index is 0.0347. The number of amides is 1. The number of benzene rings is 4. The van der Waals surface area contributed by atoms with Gasteiger partial charge in [-0.3, -0.25) is 9.69 Å². The molecule has 2 fully saturated rings. The minimum atomic E-state index is -0.243. The van der Waals surface area contributed by atoms with Gasteiger partial charge in [-0.1, -0.05) is 30.3 Å². The van der Waals surface area contributed by atoms with Gasteiger partial charge in [0.15, 0.2) is 0 Å². The molecule has 0 aliphatic carbocycles. The van der Waals surface area contributed by atoms with Crippen LogP contribution in [0.2, 0.25) is 0 Å². The zero-order valence-corrected chi connectivity index (χ0v) is 26.6. The van der Waals surface area contributed by atoms with Gasteiger partial charge in [0.05, 0.1) is 6.61 Å². The van der Waals surface area contributed by atoms with Gasteiger partial charge in [0, 0.05) is 92.8 Å². The summed E-state index contributed by atoms with van der Waals surface area (Å²) in [6, 6.07) is 27.3. The van der Waals surface area contributed by atoms with Gasteiger partial charge in [-0.2, -0.15) is 0 Å². The predicted octanol–water partition coefficient (Wildman–Crippen LogP) is 6.12. The van der Waals surface area contributed by atoms with Crippen LogP contribution in [0.4, 0.5) is 15.8 Å². The van der Waals surface area contributed by atoms with Crippen LogP contribution in [-0.4, -0.2) is 68.3 Å². The largest absolute Gasteiger partial charge is 0.508 e. The van der Waals surface area contributed by atoms with E-state index in [4.69, 9.17) is 4.74 Å². The van der Waals surface area contributed by atoms with E-state index in [1.807, 2.05) is 24.3 Å². The van der Waals surface area contributed by atoms with Gasteiger partial charge in [0.25, 0.3) is 5.91 Å². The molecular weight excluding hydrogens is 591 g/mol. The Hall–Kier alpha value is -4.56. The number of rotatable bonds is 6. The SMILES string of the molecule is O=C1NCc2cc(N3CCN(CC4CCN(c5ccc([C@@H]6c7ccc(O)cc7OC[C@@H]6c6ccc(F)cc6)cc5)CC4)CC3)ccc21. The van der Waals surface area contributed by atoms with Crippen LogP contribution in [0.5, 0.6) is 11.5 Å². The first-order valence-electron chi connectivity index (χ1n) is 16.9. The van der Waals surface area contributed by atoms with Crippen LogP contribution in [0.3, 0.4) is 0 Å². The number of piperazine rings is 1. The lowest BCUT2D eigenvalue weighted by Gasteiger charge is -2.40. The first kappa shape index (κ1) is 29.8. The van der Waals surface area contributed by atoms with Crippen molar-refractivity contribution in [3.05, 3.63) is 119 Å². The summed E-state index contributed by atoms with van der Waals surface area (Å²) in [5, 5.41) is 13.0. The Morgan fingerprint density at radius 3 is 2.26 bits per heavy atom. The number of nitrogens with one attached hydrogen (secondary N) is 1. The summed E-state index contributed by atoms with van der Waals surface area (Å²) in [6.45, 7) is 8.57. The average Bonchev–Trinajstić information content (AvgIpc) is 3.48. The molecule has 0 bridgehead atoms. The molecule has 7 nitrogen and oxygen atoms in total. The molecule has 0 spiro atoms. The van der Waals surface area contributed by atoms with E-state index >= 15 is 0 Å². The fraction of sp³-hybridized carbons (Fsp3) is 0.359. The van der Waals surface area contributed by atoms with Gasteiger partial charge in [0.2, 0.25) is 0 Å². The summed E-state index contributed by atoms with van der Waals surface area (Å²) in [5.74, 6) is 1.48. The van der Waals surface area contributed by atoms with Crippen molar-refractivity contribution in [3.63, 3.8) is 0 Å². The maximum Gasteiger partial charge on any atom is 0.251 e. The quantitative estimate of drug-likeness (QED) is 0.267. The van der Waals surface area contributed by atoms with Crippen LogP contribution in [-0.2, 0) is 6.54 Å². The van der Waals surface area contributed by atoms with E-state index < -0.39 is 0 Å². The predicted molar refractivity (Wildman–Crippen MR) is 182 cm³/mol. The van der Waals surface area contributed by atoms with Crippen molar-refractivity contribution in [2.24, 2.45) is 5.92 Å². The Kier molecular flexibility index (Phi) is 7.97. The standard InChI is InChI=1S/C39H41FN4O3/c40-30-5-1-27(2-6-30)36-25-47-37-22-33(45)10-12-35(37)38(36)28-3-7-31(8-4-28)43-15-13-26(14-16-43)24-42-17-19-44(20-18-42)32-9-11-34-29(21-32)23-41-39(34)46/h1-12,21-22,26,36,38,45H,13-20,23-25H2,(H,41,46)/t36-,38-/m1/s1. The molecule has 0 aromatic heterocycles. The Morgan fingerprint density at radius 2 is 1.49 bits per heavy atom. The molecule has 1 amide bonds. The third kappa shape index (κ3) is 6.02. The zero-order valence-electron chi connectivity index (χ0n) is 26.6. The third-order valence-corrected chi connectivity index (χ3v) is 10.7. The zero-order chi connectivity index (χ0) is 31.9. The van der Waals surface area contributed by atoms with Gasteiger partial charge >= 0.3 is 0 Å². The number of carbonyl (C=O) groups excluding carboxylic acids is 1. The number of hydrogen-bond acceptors (Lipinski definition) is 6. The lowest BCUT2D eigenvalue weighted by Crippen LogP contribution is -2.49. The summed E-state index contributed by atoms with van der Waals surface area (Å²) in [4.78, 5) is 19.5. The number of fused-ring (bicyclic) bond motifs is 2. The second-order valence-electron chi connectivity index (χ2n) is 13.5. The molecule has 4 aromatic carbocycles. The van der Waals surface area contributed by atoms with Crippen LogP contribution < -0.4 is 19.9 Å². The number of carbonyl (C=O) groups is 1. The molecule has 2 atom stereocenters. The van der Waals surface area contributed by atoms with Crippen LogP contribution in [0.15, 0.2) is 84.9 Å². The van der Waals surface area contributed by atoms with E-state index in [0.29, 0.717) is 24.8 Å². The van der Waals surface area contributed by atoms with E-state index in [2.05, 4.69) is 56.4 Å². The van der Waals surface area contributed by atoms with Gasteiger partial charge in [-0.05, 0) is 84.0 Å². The van der Waals surface area contributed by atoms with Crippen molar-refractivity contribution in [1.29, 1.82) is 0 Å². The number of piperidine rings is 1. The second kappa shape index (κ2) is 12.6. The first-order chi connectivity index (χ1) is 23.0. The number of halogens is 1. The molecule has 8 rings (SSSR count). The molecule has 242 valence electrons. The van der Waals surface area contributed by atoms with Crippen LogP contribution in [0, 0.1) is 11.7 Å². The lowest BCUT2D eigenvalue weighted by atomic mass is 9.76. The molecule has 0 radical (unpaired) electrons. The molecule has 4 heterocycles. The number of anilines is 2. The number of ether oxygens (including phenoxy) is 1. The molecule has 47 heavy (non-hydrogen) atoms. The number of phenolic OH excluding ortho intramolecular Hbond substituents is 1. The number of phenols is 1. The van der Waals surface area contributed by atoms with Crippen LogP contribution in [0.1, 0.15) is 57.3 Å². The van der Waals surface area contributed by atoms with Gasteiger partial charge in [-0.25, -0.2) is 4.39 Å². The maximum atomic E-state index is 13.8. The second-order valence-corrected chi connectivity index (χ2v) is 13.5. The summed E-state index contributed by atoms with van der Waals surface area (Å²) >= 11 is 0. The van der Waals surface area contributed by atoms with Crippen molar-refractivity contribution < 1.29 is 19.0 Å². The van der Waals surface area contributed by atoms with E-state index in [9.17, 15) is 14.3 Å². The highest BCUT2D eigenvalue weighted by Crippen LogP contribution is 2.47.